The average molecular weight is 572 g/mol. The van der Waals surface area contributed by atoms with Crippen molar-refractivity contribution < 1.29 is 9.90 Å². The summed E-state index contributed by atoms with van der Waals surface area (Å²) < 4.78 is 1.77. The van der Waals surface area contributed by atoms with Gasteiger partial charge in [-0.1, -0.05) is 23.7 Å². The van der Waals surface area contributed by atoms with Crippen LogP contribution in [0.25, 0.3) is 5.65 Å². The third-order valence-electron chi connectivity index (χ3n) is 9.01. The van der Waals surface area contributed by atoms with Gasteiger partial charge in [0.25, 0.3) is 5.91 Å². The Labute approximate surface area is 244 Å². The molecular formula is C31H34ClN7O2. The molecule has 0 bridgehead atoms. The predicted octanol–water partition coefficient (Wildman–Crippen LogP) is 4.39. The van der Waals surface area contributed by atoms with Gasteiger partial charge in [-0.2, -0.15) is 4.98 Å². The molecule has 2 aromatic heterocycles. The van der Waals surface area contributed by atoms with Crippen molar-refractivity contribution in [3.8, 4) is 0 Å². The number of hydrogen-bond acceptors (Lipinski definition) is 7. The molecule has 3 aliphatic rings. The number of halogens is 1. The SMILES string of the molecule is CN1CCC2(C1)CN(C(=O)c1ccc(Nc3nc4c(N5CCC(O)(c6ccc(Cl)cc6)CC5)cccn4n3)cc1)C2. The molecular weight excluding hydrogens is 538 g/mol. The van der Waals surface area contributed by atoms with Crippen molar-refractivity contribution in [2.24, 2.45) is 5.41 Å². The Bertz CT molecular complexity index is 1570. The van der Waals surface area contributed by atoms with Crippen molar-refractivity contribution in [3.63, 3.8) is 0 Å². The van der Waals surface area contributed by atoms with Crippen LogP contribution in [0.1, 0.15) is 35.2 Å². The minimum Gasteiger partial charge on any atom is -0.385 e. The first kappa shape index (κ1) is 26.3. The van der Waals surface area contributed by atoms with Crippen LogP contribution in [0.3, 0.4) is 0 Å². The number of fused-ring (bicyclic) bond motifs is 1. The summed E-state index contributed by atoms with van der Waals surface area (Å²) in [6.07, 6.45) is 4.27. The van der Waals surface area contributed by atoms with E-state index in [1.165, 1.54) is 6.42 Å². The quantitative estimate of drug-likeness (QED) is 0.367. The number of aliphatic hydroxyl groups is 1. The lowest BCUT2D eigenvalue weighted by atomic mass is 9.79. The summed E-state index contributed by atoms with van der Waals surface area (Å²) in [6.45, 7) is 5.28. The first-order valence-electron chi connectivity index (χ1n) is 14.2. The lowest BCUT2D eigenvalue weighted by Crippen LogP contribution is -2.59. The molecule has 3 aliphatic heterocycles. The van der Waals surface area contributed by atoms with Crippen molar-refractivity contribution in [2.45, 2.75) is 24.9 Å². The van der Waals surface area contributed by atoms with Crippen LogP contribution in [-0.4, -0.2) is 81.7 Å². The number of rotatable bonds is 5. The molecule has 7 rings (SSSR count). The van der Waals surface area contributed by atoms with Crippen molar-refractivity contribution >= 4 is 40.5 Å². The van der Waals surface area contributed by atoms with Crippen LogP contribution in [0, 0.1) is 5.41 Å². The van der Waals surface area contributed by atoms with E-state index >= 15 is 0 Å². The van der Waals surface area contributed by atoms with E-state index in [2.05, 4.69) is 27.3 Å². The van der Waals surface area contributed by atoms with E-state index in [-0.39, 0.29) is 5.91 Å². The Hall–Kier alpha value is -3.66. The van der Waals surface area contributed by atoms with Crippen LogP contribution >= 0.6 is 11.6 Å². The number of piperidine rings is 1. The van der Waals surface area contributed by atoms with Crippen molar-refractivity contribution in [1.29, 1.82) is 0 Å². The van der Waals surface area contributed by atoms with Gasteiger partial charge in [-0.05, 0) is 86.9 Å². The van der Waals surface area contributed by atoms with Crippen LogP contribution in [0.4, 0.5) is 17.3 Å². The Morgan fingerprint density at radius 3 is 2.37 bits per heavy atom. The number of benzene rings is 2. The second-order valence-corrected chi connectivity index (χ2v) is 12.4. The zero-order valence-electron chi connectivity index (χ0n) is 23.1. The minimum absolute atomic E-state index is 0.0942. The number of amides is 1. The molecule has 1 amide bonds. The lowest BCUT2D eigenvalue weighted by molar-refractivity contribution is 0.0115. The Kier molecular flexibility index (Phi) is 6.41. The standard InChI is InChI=1S/C31H34ClN7O2/c1-36-16-12-30(19-36)20-38(21-30)28(40)22-4-10-25(11-5-22)33-29-34-27-26(3-2-15-39(27)35-29)37-17-13-31(41,14-18-37)23-6-8-24(32)9-7-23/h2-11,15,41H,12-14,16-21H2,1H3,(H,33,35). The number of carbonyl (C=O) groups is 1. The number of pyridine rings is 1. The van der Waals surface area contributed by atoms with Crippen LogP contribution in [0.15, 0.2) is 66.9 Å². The molecule has 2 aromatic carbocycles. The van der Waals surface area contributed by atoms with Crippen LogP contribution in [-0.2, 0) is 5.60 Å². The number of likely N-dealkylation sites (tertiary alicyclic amines) is 2. The Morgan fingerprint density at radius 1 is 0.951 bits per heavy atom. The van der Waals surface area contributed by atoms with Crippen LogP contribution in [0.2, 0.25) is 5.02 Å². The highest BCUT2D eigenvalue weighted by Gasteiger charge is 2.48. The summed E-state index contributed by atoms with van der Waals surface area (Å²) in [4.78, 5) is 24.3. The zero-order chi connectivity index (χ0) is 28.2. The number of hydrogen-bond donors (Lipinski definition) is 2. The van der Waals surface area contributed by atoms with Crippen molar-refractivity contribution in [3.05, 3.63) is 83.0 Å². The zero-order valence-corrected chi connectivity index (χ0v) is 23.9. The number of carbonyl (C=O) groups excluding carboxylic acids is 1. The molecule has 3 fully saturated rings. The van der Waals surface area contributed by atoms with Gasteiger partial charge in [0.1, 0.15) is 0 Å². The van der Waals surface area contributed by atoms with Gasteiger partial charge in [0.05, 0.1) is 11.3 Å². The summed E-state index contributed by atoms with van der Waals surface area (Å²) >= 11 is 6.04. The van der Waals surface area contributed by atoms with Crippen LogP contribution in [0.5, 0.6) is 0 Å². The summed E-state index contributed by atoms with van der Waals surface area (Å²) in [7, 11) is 2.15. The lowest BCUT2D eigenvalue weighted by Gasteiger charge is -2.48. The molecule has 2 N–H and O–H groups in total. The Balaban J connectivity index is 1.01. The van der Waals surface area contributed by atoms with Gasteiger partial charge in [-0.3, -0.25) is 4.79 Å². The molecule has 10 heteroatoms. The molecule has 0 atom stereocenters. The highest BCUT2D eigenvalue weighted by atomic mass is 35.5. The third kappa shape index (κ3) is 4.92. The maximum absolute atomic E-state index is 13.0. The molecule has 0 saturated carbocycles. The molecule has 5 heterocycles. The Morgan fingerprint density at radius 2 is 1.68 bits per heavy atom. The van der Waals surface area contributed by atoms with Gasteiger partial charge in [-0.25, -0.2) is 4.52 Å². The number of nitrogens with zero attached hydrogens (tertiary/aromatic N) is 6. The first-order chi connectivity index (χ1) is 19.8. The molecule has 0 aliphatic carbocycles. The van der Waals surface area contributed by atoms with Gasteiger partial charge in [0.15, 0.2) is 5.65 Å². The van der Waals surface area contributed by atoms with E-state index < -0.39 is 5.60 Å². The largest absolute Gasteiger partial charge is 0.385 e. The number of aromatic nitrogens is 3. The fourth-order valence-corrected chi connectivity index (χ4v) is 6.82. The van der Waals surface area contributed by atoms with E-state index in [9.17, 15) is 9.90 Å². The van der Waals surface area contributed by atoms with Crippen molar-refractivity contribution in [2.75, 3.05) is 56.5 Å². The highest BCUT2D eigenvalue weighted by molar-refractivity contribution is 6.30. The highest BCUT2D eigenvalue weighted by Crippen LogP contribution is 2.40. The van der Waals surface area contributed by atoms with E-state index in [0.717, 1.165) is 48.8 Å². The van der Waals surface area contributed by atoms with E-state index in [0.29, 0.717) is 47.9 Å². The topological polar surface area (TPSA) is 89.2 Å². The average Bonchev–Trinajstić information content (AvgIpc) is 3.56. The number of anilines is 3. The predicted molar refractivity (Wildman–Crippen MR) is 160 cm³/mol. The molecule has 4 aromatic rings. The fourth-order valence-electron chi connectivity index (χ4n) is 6.69. The summed E-state index contributed by atoms with van der Waals surface area (Å²) in [5.41, 5.74) is 3.58. The molecule has 1 spiro atoms. The maximum atomic E-state index is 13.0. The molecule has 0 unspecified atom stereocenters. The molecule has 41 heavy (non-hydrogen) atoms. The van der Waals surface area contributed by atoms with Gasteiger partial charge in [-0.15, -0.1) is 5.10 Å². The molecule has 9 nitrogen and oxygen atoms in total. The summed E-state index contributed by atoms with van der Waals surface area (Å²) in [5, 5.41) is 19.9. The molecule has 0 radical (unpaired) electrons. The van der Waals surface area contributed by atoms with Crippen LogP contribution < -0.4 is 10.2 Å². The normalized spacial score (nSPS) is 20.0. The van der Waals surface area contributed by atoms with Gasteiger partial charge in [0.2, 0.25) is 5.95 Å². The van der Waals surface area contributed by atoms with Gasteiger partial charge in [0, 0.05) is 60.6 Å². The number of nitrogens with one attached hydrogen (secondary N) is 1. The monoisotopic (exact) mass is 571 g/mol. The summed E-state index contributed by atoms with van der Waals surface area (Å²) in [5.74, 6) is 0.581. The molecule has 212 valence electrons. The smallest absolute Gasteiger partial charge is 0.253 e. The maximum Gasteiger partial charge on any atom is 0.253 e. The fraction of sp³-hybridized carbons (Fsp3) is 0.387. The van der Waals surface area contributed by atoms with E-state index in [4.69, 9.17) is 16.6 Å². The second-order valence-electron chi connectivity index (χ2n) is 12.0. The molecule has 3 saturated heterocycles. The second kappa shape index (κ2) is 10.0. The van der Waals surface area contributed by atoms with E-state index in [1.54, 1.807) is 4.52 Å². The minimum atomic E-state index is -0.871. The van der Waals surface area contributed by atoms with Gasteiger partial charge < -0.3 is 25.1 Å². The van der Waals surface area contributed by atoms with Gasteiger partial charge >= 0.3 is 0 Å². The van der Waals surface area contributed by atoms with E-state index in [1.807, 2.05) is 71.8 Å². The van der Waals surface area contributed by atoms with Crippen molar-refractivity contribution in [1.82, 2.24) is 24.4 Å². The third-order valence-corrected chi connectivity index (χ3v) is 9.26. The summed E-state index contributed by atoms with van der Waals surface area (Å²) in [6, 6.07) is 19.0. The first-order valence-corrected chi connectivity index (χ1v) is 14.6.